The third-order valence-electron chi connectivity index (χ3n) is 5.63. The van der Waals surface area contributed by atoms with Crippen LogP contribution in [0.5, 0.6) is 0 Å². The zero-order valence-electron chi connectivity index (χ0n) is 17.2. The lowest BCUT2D eigenvalue weighted by molar-refractivity contribution is 0.159. The molecule has 0 unspecified atom stereocenters. The first-order chi connectivity index (χ1) is 9.90. The maximum atomic E-state index is 2.67. The topological polar surface area (TPSA) is 13.0 Å². The Morgan fingerprint density at radius 1 is 0.682 bits per heavy atom. The van der Waals surface area contributed by atoms with Crippen molar-refractivity contribution in [2.75, 3.05) is 48.3 Å². The molecule has 0 bridgehead atoms. The second kappa shape index (κ2) is 9.01. The molecule has 22 heavy (non-hydrogen) atoms. The third kappa shape index (κ3) is 6.11. The maximum absolute atomic E-state index is 2.67. The average molecular weight is 329 g/mol. The van der Waals surface area contributed by atoms with Gasteiger partial charge >= 0.3 is 14.8 Å². The first kappa shape index (κ1) is 22.4. The van der Waals surface area contributed by atoms with Crippen molar-refractivity contribution in [2.24, 2.45) is 0 Å². The first-order valence-corrected chi connectivity index (χ1v) is 10.3. The molecule has 0 rings (SSSR count). The largest absolute Gasteiger partial charge is 0.609 e. The molecule has 0 aromatic heterocycles. The molecule has 0 aliphatic carbocycles. The highest BCUT2D eigenvalue weighted by molar-refractivity contribution is 6.49. The number of likely N-dealkylation sites (N-methyl/N-ethyl adjacent to an activating group) is 2. The molecule has 132 valence electrons. The smallest absolute Gasteiger partial charge is 0.358 e. The minimum Gasteiger partial charge on any atom is -0.358 e. The van der Waals surface area contributed by atoms with Crippen LogP contribution in [-0.2, 0) is 0 Å². The van der Waals surface area contributed by atoms with E-state index in [0.29, 0.717) is 0 Å². The van der Waals surface area contributed by atoms with Gasteiger partial charge in [0.25, 0.3) is 0 Å². The molecule has 0 spiro atoms. The number of nitrogens with zero attached hydrogens (tertiary/aromatic N) is 4. The van der Waals surface area contributed by atoms with Crippen LogP contribution in [0.4, 0.5) is 0 Å². The van der Waals surface area contributed by atoms with Crippen LogP contribution in [0.15, 0.2) is 0 Å². The van der Waals surface area contributed by atoms with E-state index >= 15 is 0 Å². The molecule has 0 aromatic carbocycles. The standard InChI is InChI=1S/2C6H14N.C5H13N2.Al/c2*1-5-6(2,3)7-4;1-6-4-5-7(2)3;/h2*5H2,1-4H3;4-5H2,1-3H3;/q3*-1;+3. The Labute approximate surface area is 145 Å². The van der Waals surface area contributed by atoms with E-state index in [1.165, 1.54) is 12.8 Å². The van der Waals surface area contributed by atoms with Gasteiger partial charge in [0, 0.05) is 6.54 Å². The highest BCUT2D eigenvalue weighted by Gasteiger charge is 2.45. The van der Waals surface area contributed by atoms with E-state index in [1.807, 2.05) is 0 Å². The van der Waals surface area contributed by atoms with Crippen molar-refractivity contribution in [1.82, 2.24) is 16.6 Å². The first-order valence-electron chi connectivity index (χ1n) is 8.71. The lowest BCUT2D eigenvalue weighted by atomic mass is 10.0. The molecule has 0 aliphatic heterocycles. The summed E-state index contributed by atoms with van der Waals surface area (Å²) in [7, 11) is 11.3. The van der Waals surface area contributed by atoms with Gasteiger partial charge in [-0.1, -0.05) is 13.8 Å². The van der Waals surface area contributed by atoms with Gasteiger partial charge in [0.15, 0.2) is 0 Å². The lowest BCUT2D eigenvalue weighted by Gasteiger charge is -2.49. The van der Waals surface area contributed by atoms with Gasteiger partial charge in [-0.25, -0.2) is 0 Å². The minimum absolute atomic E-state index is 0.237. The van der Waals surface area contributed by atoms with E-state index in [0.717, 1.165) is 13.1 Å². The molecule has 5 heteroatoms. The summed E-state index contributed by atoms with van der Waals surface area (Å²) < 4.78 is 7.95. The van der Waals surface area contributed by atoms with Crippen LogP contribution in [-0.4, -0.2) is 90.8 Å². The van der Waals surface area contributed by atoms with Crippen LogP contribution in [0.2, 0.25) is 0 Å². The SMILES string of the molecule is CCC(C)(C)[N](C)[Al]([N](C)CCN(C)C)[N](C)C(C)(C)CC. The van der Waals surface area contributed by atoms with E-state index < -0.39 is 14.8 Å². The van der Waals surface area contributed by atoms with Gasteiger partial charge in [-0.2, -0.15) is 0 Å². The zero-order chi connectivity index (χ0) is 17.7. The van der Waals surface area contributed by atoms with E-state index in [9.17, 15) is 0 Å². The Morgan fingerprint density at radius 3 is 1.32 bits per heavy atom. The highest BCUT2D eigenvalue weighted by atomic mass is 27.2. The molecule has 0 aromatic rings. The van der Waals surface area contributed by atoms with Gasteiger partial charge in [-0.3, -0.25) is 0 Å². The predicted octanol–water partition coefficient (Wildman–Crippen LogP) is 2.71. The second-order valence-electron chi connectivity index (χ2n) is 8.18. The summed E-state index contributed by atoms with van der Waals surface area (Å²) in [5, 5.41) is 0. The maximum Gasteiger partial charge on any atom is 0.609 e. The molecule has 0 fully saturated rings. The molecule has 0 saturated carbocycles. The summed E-state index contributed by atoms with van der Waals surface area (Å²) in [4.78, 5) is 2.28. The minimum atomic E-state index is -1.39. The normalized spacial score (nSPS) is 13.8. The average Bonchev–Trinajstić information content (AvgIpc) is 2.44. The Morgan fingerprint density at radius 2 is 1.05 bits per heavy atom. The van der Waals surface area contributed by atoms with Crippen LogP contribution in [0.3, 0.4) is 0 Å². The van der Waals surface area contributed by atoms with Crippen LogP contribution in [0, 0.1) is 0 Å². The van der Waals surface area contributed by atoms with Crippen molar-refractivity contribution in [3.63, 3.8) is 0 Å². The summed E-state index contributed by atoms with van der Waals surface area (Å²) in [6.07, 6.45) is 2.35. The van der Waals surface area contributed by atoms with Crippen molar-refractivity contribution in [1.29, 1.82) is 0 Å². The Balaban J connectivity index is 5.39. The second-order valence-corrected chi connectivity index (χ2v) is 11.3. The Kier molecular flexibility index (Phi) is 9.17. The van der Waals surface area contributed by atoms with Crippen LogP contribution < -0.4 is 0 Å². The zero-order valence-corrected chi connectivity index (χ0v) is 18.3. The van der Waals surface area contributed by atoms with E-state index in [1.54, 1.807) is 0 Å². The van der Waals surface area contributed by atoms with Crippen molar-refractivity contribution in [3.05, 3.63) is 0 Å². The van der Waals surface area contributed by atoms with Crippen molar-refractivity contribution in [3.8, 4) is 0 Å². The van der Waals surface area contributed by atoms with E-state index in [4.69, 9.17) is 0 Å². The molecule has 4 nitrogen and oxygen atoms in total. The third-order valence-corrected chi connectivity index (χ3v) is 9.46. The van der Waals surface area contributed by atoms with Gasteiger partial charge in [-0.05, 0) is 93.4 Å². The molecule has 0 aliphatic rings. The molecule has 0 atom stereocenters. The van der Waals surface area contributed by atoms with Gasteiger partial charge < -0.3 is 16.6 Å². The van der Waals surface area contributed by atoms with Crippen LogP contribution >= 0.6 is 0 Å². The molecule has 0 saturated heterocycles. The monoisotopic (exact) mass is 328 g/mol. The number of hydrogen-bond acceptors (Lipinski definition) is 4. The van der Waals surface area contributed by atoms with Gasteiger partial charge in [0.2, 0.25) is 0 Å². The quantitative estimate of drug-likeness (QED) is 0.572. The summed E-state index contributed by atoms with van der Waals surface area (Å²) >= 11 is -1.39. The number of hydrogen-bond donors (Lipinski definition) is 0. The lowest BCUT2D eigenvalue weighted by Crippen LogP contribution is -2.69. The Hall–Kier alpha value is 0.372. The van der Waals surface area contributed by atoms with Gasteiger partial charge in [-0.15, -0.1) is 0 Å². The van der Waals surface area contributed by atoms with Crippen molar-refractivity contribution < 1.29 is 0 Å². The van der Waals surface area contributed by atoms with E-state index in [-0.39, 0.29) is 11.1 Å². The molecule has 0 radical (unpaired) electrons. The predicted molar refractivity (Wildman–Crippen MR) is 101 cm³/mol. The van der Waals surface area contributed by atoms with Crippen molar-refractivity contribution in [2.45, 2.75) is 65.5 Å². The van der Waals surface area contributed by atoms with Gasteiger partial charge in [0.1, 0.15) is 0 Å². The van der Waals surface area contributed by atoms with E-state index in [2.05, 4.69) is 93.3 Å². The summed E-state index contributed by atoms with van der Waals surface area (Å²) in [5.74, 6) is 0. The van der Waals surface area contributed by atoms with Crippen LogP contribution in [0.1, 0.15) is 54.4 Å². The molecular formula is C17H41AlN4. The summed E-state index contributed by atoms with van der Waals surface area (Å²) in [5.41, 5.74) is 0.475. The van der Waals surface area contributed by atoms with Crippen molar-refractivity contribution >= 4 is 14.8 Å². The molecular weight excluding hydrogens is 287 g/mol. The molecule has 0 heterocycles. The fourth-order valence-electron chi connectivity index (χ4n) is 2.45. The Bertz CT molecular complexity index is 296. The fraction of sp³-hybridized carbons (Fsp3) is 1.00. The van der Waals surface area contributed by atoms with Crippen LogP contribution in [0.25, 0.3) is 0 Å². The molecule has 0 N–H and O–H groups in total. The highest BCUT2D eigenvalue weighted by Crippen LogP contribution is 2.25. The summed E-state index contributed by atoms with van der Waals surface area (Å²) in [6.45, 7) is 16.3. The number of rotatable bonds is 10. The van der Waals surface area contributed by atoms with Gasteiger partial charge in [0.05, 0.1) is 0 Å². The molecule has 0 amide bonds. The fourth-order valence-corrected chi connectivity index (χ4v) is 6.11. The summed E-state index contributed by atoms with van der Waals surface area (Å²) in [6, 6.07) is 0.